The fraction of sp³-hybridized carbons (Fsp3) is 0.444. The third-order valence-electron chi connectivity index (χ3n) is 4.42. The number of benzene rings is 1. The van der Waals surface area contributed by atoms with E-state index in [-0.39, 0.29) is 0 Å². The van der Waals surface area contributed by atoms with Crippen LogP contribution < -0.4 is 0 Å². The molecule has 0 saturated carbocycles. The van der Waals surface area contributed by atoms with E-state index >= 15 is 0 Å². The second-order valence-electron chi connectivity index (χ2n) is 5.96. The molecule has 0 aromatic heterocycles. The zero-order valence-corrected chi connectivity index (χ0v) is 11.2. The Morgan fingerprint density at radius 1 is 1.00 bits per heavy atom. The van der Waals surface area contributed by atoms with Gasteiger partial charge in [0.1, 0.15) is 0 Å². The van der Waals surface area contributed by atoms with Crippen molar-refractivity contribution in [2.24, 2.45) is 11.8 Å². The molecule has 94 valence electrons. The number of hydrogen-bond donors (Lipinski definition) is 0. The predicted molar refractivity (Wildman–Crippen MR) is 78.2 cm³/mol. The Bertz CT molecular complexity index is 464. The molecule has 0 fully saturated rings. The summed E-state index contributed by atoms with van der Waals surface area (Å²) in [6.07, 6.45) is 11.7. The van der Waals surface area contributed by atoms with Crippen LogP contribution in [0.15, 0.2) is 48.1 Å². The molecule has 1 aromatic carbocycles. The van der Waals surface area contributed by atoms with Crippen LogP contribution in [0.4, 0.5) is 0 Å². The summed E-state index contributed by atoms with van der Waals surface area (Å²) >= 11 is 0. The van der Waals surface area contributed by atoms with Crippen LogP contribution >= 0.6 is 0 Å². The maximum atomic E-state index is 2.57. The van der Waals surface area contributed by atoms with Crippen molar-refractivity contribution in [3.05, 3.63) is 53.6 Å². The highest BCUT2D eigenvalue weighted by atomic mass is 14.3. The molecule has 0 nitrogen and oxygen atoms in total. The van der Waals surface area contributed by atoms with E-state index in [9.17, 15) is 0 Å². The van der Waals surface area contributed by atoms with Crippen LogP contribution in [0.5, 0.6) is 0 Å². The standard InChI is InChI=1S/C18H22/c1-14-7-8-15-9-10-16(11-14)13-18(12-15)17-5-3-2-4-6-17/h2-7,13,15-16H,8-12H2,1H3/b14-7-/t15-,16-/m1/s1. The van der Waals surface area contributed by atoms with Gasteiger partial charge in [0.2, 0.25) is 0 Å². The van der Waals surface area contributed by atoms with Crippen molar-refractivity contribution >= 4 is 5.57 Å². The van der Waals surface area contributed by atoms with E-state index in [4.69, 9.17) is 0 Å². The predicted octanol–water partition coefficient (Wildman–Crippen LogP) is 5.23. The lowest BCUT2D eigenvalue weighted by atomic mass is 9.87. The van der Waals surface area contributed by atoms with Crippen LogP contribution in [0, 0.1) is 11.8 Å². The third kappa shape index (κ3) is 2.58. The Kier molecular flexibility index (Phi) is 3.36. The second kappa shape index (κ2) is 5.14. The molecule has 2 atom stereocenters. The lowest BCUT2D eigenvalue weighted by Crippen LogP contribution is -2.04. The quantitative estimate of drug-likeness (QED) is 0.588. The van der Waals surface area contributed by atoms with E-state index in [1.165, 1.54) is 37.7 Å². The summed E-state index contributed by atoms with van der Waals surface area (Å²) in [5, 5.41) is 0. The van der Waals surface area contributed by atoms with Gasteiger partial charge in [-0.15, -0.1) is 0 Å². The van der Waals surface area contributed by atoms with Gasteiger partial charge in [-0.25, -0.2) is 0 Å². The van der Waals surface area contributed by atoms with E-state index in [0.717, 1.165) is 11.8 Å². The molecule has 0 heterocycles. The van der Waals surface area contributed by atoms with Gasteiger partial charge in [-0.3, -0.25) is 0 Å². The van der Waals surface area contributed by atoms with Gasteiger partial charge in [0.25, 0.3) is 0 Å². The topological polar surface area (TPSA) is 0 Å². The summed E-state index contributed by atoms with van der Waals surface area (Å²) in [4.78, 5) is 0. The molecule has 18 heavy (non-hydrogen) atoms. The zero-order chi connectivity index (χ0) is 12.4. The molecule has 1 aromatic rings. The lowest BCUT2D eigenvalue weighted by molar-refractivity contribution is 0.437. The van der Waals surface area contributed by atoms with Crippen LogP contribution in [-0.2, 0) is 0 Å². The van der Waals surface area contributed by atoms with E-state index in [1.54, 1.807) is 11.1 Å². The molecular formula is C18H22. The number of allylic oxidation sites excluding steroid dienone is 4. The summed E-state index contributed by atoms with van der Waals surface area (Å²) in [5.41, 5.74) is 4.62. The van der Waals surface area contributed by atoms with Gasteiger partial charge in [0.15, 0.2) is 0 Å². The van der Waals surface area contributed by atoms with Crippen LogP contribution in [-0.4, -0.2) is 0 Å². The van der Waals surface area contributed by atoms with E-state index < -0.39 is 0 Å². The molecule has 0 unspecified atom stereocenters. The molecule has 2 aliphatic carbocycles. The third-order valence-corrected chi connectivity index (χ3v) is 4.42. The van der Waals surface area contributed by atoms with Gasteiger partial charge in [-0.1, -0.05) is 48.1 Å². The highest BCUT2D eigenvalue weighted by Gasteiger charge is 2.21. The van der Waals surface area contributed by atoms with Crippen molar-refractivity contribution in [3.63, 3.8) is 0 Å². The summed E-state index contributed by atoms with van der Waals surface area (Å²) < 4.78 is 0. The largest absolute Gasteiger partial charge is 0.0853 e. The monoisotopic (exact) mass is 238 g/mol. The first-order chi connectivity index (χ1) is 8.81. The minimum Gasteiger partial charge on any atom is -0.0853 e. The Hall–Kier alpha value is -1.30. The first-order valence-electron chi connectivity index (χ1n) is 7.23. The van der Waals surface area contributed by atoms with Gasteiger partial charge < -0.3 is 0 Å². The second-order valence-corrected chi connectivity index (χ2v) is 5.96. The van der Waals surface area contributed by atoms with Gasteiger partial charge in [0.05, 0.1) is 0 Å². The number of fused-ring (bicyclic) bond motifs is 3. The average Bonchev–Trinajstić information content (AvgIpc) is 2.54. The summed E-state index contributed by atoms with van der Waals surface area (Å²) in [6, 6.07) is 11.0. The van der Waals surface area contributed by atoms with Crippen molar-refractivity contribution < 1.29 is 0 Å². The van der Waals surface area contributed by atoms with Crippen LogP contribution in [0.2, 0.25) is 0 Å². The molecule has 0 spiro atoms. The van der Waals surface area contributed by atoms with E-state index in [0.29, 0.717) is 0 Å². The van der Waals surface area contributed by atoms with Gasteiger partial charge in [0, 0.05) is 0 Å². The number of rotatable bonds is 1. The Labute approximate surface area is 110 Å². The average molecular weight is 238 g/mol. The molecule has 0 aliphatic heterocycles. The maximum absolute atomic E-state index is 2.57. The van der Waals surface area contributed by atoms with Gasteiger partial charge in [-0.05, 0) is 62.0 Å². The first kappa shape index (κ1) is 11.8. The fourth-order valence-corrected chi connectivity index (χ4v) is 3.39. The number of hydrogen-bond acceptors (Lipinski definition) is 0. The van der Waals surface area contributed by atoms with Crippen molar-refractivity contribution in [3.8, 4) is 0 Å². The fourth-order valence-electron chi connectivity index (χ4n) is 3.39. The summed E-state index contributed by atoms with van der Waals surface area (Å²) in [7, 11) is 0. The van der Waals surface area contributed by atoms with Crippen molar-refractivity contribution in [2.45, 2.75) is 39.0 Å². The van der Waals surface area contributed by atoms with E-state index in [1.807, 2.05) is 0 Å². The van der Waals surface area contributed by atoms with Crippen LogP contribution in [0.3, 0.4) is 0 Å². The Balaban J connectivity index is 1.93. The van der Waals surface area contributed by atoms with Crippen molar-refractivity contribution in [2.75, 3.05) is 0 Å². The van der Waals surface area contributed by atoms with Crippen LogP contribution in [0.25, 0.3) is 5.57 Å². The van der Waals surface area contributed by atoms with Crippen molar-refractivity contribution in [1.29, 1.82) is 0 Å². The smallest absolute Gasteiger partial charge is 0.0190 e. The highest BCUT2D eigenvalue weighted by Crippen LogP contribution is 2.38. The SMILES string of the molecule is C/C1=C/C[C@@H]2CC[C@@H](C=C(c3ccccc3)C2)C1. The highest BCUT2D eigenvalue weighted by molar-refractivity contribution is 5.66. The molecular weight excluding hydrogens is 216 g/mol. The first-order valence-corrected chi connectivity index (χ1v) is 7.23. The van der Waals surface area contributed by atoms with Crippen LogP contribution in [0.1, 0.15) is 44.6 Å². The molecule has 0 heteroatoms. The maximum Gasteiger partial charge on any atom is -0.0190 e. The molecule has 0 amide bonds. The Morgan fingerprint density at radius 2 is 1.83 bits per heavy atom. The molecule has 2 aliphatic rings. The molecule has 3 rings (SSSR count). The molecule has 0 N–H and O–H groups in total. The summed E-state index contributed by atoms with van der Waals surface area (Å²) in [5.74, 6) is 1.62. The minimum absolute atomic E-state index is 0.766. The van der Waals surface area contributed by atoms with E-state index in [2.05, 4.69) is 49.4 Å². The van der Waals surface area contributed by atoms with Crippen molar-refractivity contribution in [1.82, 2.24) is 0 Å². The molecule has 0 radical (unpaired) electrons. The van der Waals surface area contributed by atoms with Gasteiger partial charge in [-0.2, -0.15) is 0 Å². The summed E-state index contributed by atoms with van der Waals surface area (Å²) in [6.45, 7) is 2.30. The molecule has 2 bridgehead atoms. The minimum atomic E-state index is 0.766. The lowest BCUT2D eigenvalue weighted by Gasteiger charge is -2.18. The Morgan fingerprint density at radius 3 is 2.67 bits per heavy atom. The normalized spacial score (nSPS) is 30.7. The molecule has 0 saturated heterocycles. The van der Waals surface area contributed by atoms with Gasteiger partial charge >= 0.3 is 0 Å². The zero-order valence-electron chi connectivity index (χ0n) is 11.2.